The van der Waals surface area contributed by atoms with Crippen molar-refractivity contribution in [2.24, 2.45) is 11.1 Å². The quantitative estimate of drug-likeness (QED) is 0.940. The summed E-state index contributed by atoms with van der Waals surface area (Å²) in [6.07, 6.45) is 6.54. The van der Waals surface area contributed by atoms with E-state index in [1.165, 1.54) is 31.7 Å². The van der Waals surface area contributed by atoms with Crippen molar-refractivity contribution >= 4 is 20.9 Å². The molecule has 3 rings (SSSR count). The lowest BCUT2D eigenvalue weighted by Crippen LogP contribution is -2.13. The van der Waals surface area contributed by atoms with Gasteiger partial charge < -0.3 is 4.74 Å². The van der Waals surface area contributed by atoms with Crippen LogP contribution in [0.25, 0.3) is 10.9 Å². The van der Waals surface area contributed by atoms with Gasteiger partial charge in [0.2, 0.25) is 10.0 Å². The van der Waals surface area contributed by atoms with Crippen LogP contribution in [-0.4, -0.2) is 20.0 Å². The van der Waals surface area contributed by atoms with Crippen LogP contribution in [0, 0.1) is 5.92 Å². The summed E-state index contributed by atoms with van der Waals surface area (Å²) in [6, 6.07) is 6.52. The van der Waals surface area contributed by atoms with Gasteiger partial charge in [-0.1, -0.05) is 12.8 Å². The number of ether oxygens (including phenoxy) is 1. The normalized spacial score (nSPS) is 16.4. The maximum absolute atomic E-state index is 11.6. The molecule has 1 saturated carbocycles. The number of hydrogen-bond donors (Lipinski definition) is 1. The standard InChI is InChI=1S/C15H18N2O3S/c16-21(18,19)14-8-7-13(15-12(14)6-3-9-17-15)20-10-11-4-1-2-5-11/h3,6-9,11H,1-2,4-5,10H2,(H2,16,18,19). The fourth-order valence-electron chi connectivity index (χ4n) is 2.87. The summed E-state index contributed by atoms with van der Waals surface area (Å²) in [7, 11) is -3.77. The lowest BCUT2D eigenvalue weighted by molar-refractivity contribution is 0.254. The van der Waals surface area contributed by atoms with Crippen molar-refractivity contribution in [1.82, 2.24) is 4.98 Å². The molecule has 0 saturated heterocycles. The van der Waals surface area contributed by atoms with E-state index in [2.05, 4.69) is 4.98 Å². The van der Waals surface area contributed by atoms with Crippen molar-refractivity contribution in [3.8, 4) is 5.75 Å². The number of benzene rings is 1. The van der Waals surface area contributed by atoms with E-state index in [4.69, 9.17) is 9.88 Å². The summed E-state index contributed by atoms with van der Waals surface area (Å²) < 4.78 is 29.1. The van der Waals surface area contributed by atoms with Crippen LogP contribution in [0.4, 0.5) is 0 Å². The number of nitrogens with zero attached hydrogens (tertiary/aromatic N) is 1. The molecule has 2 aromatic rings. The summed E-state index contributed by atoms with van der Waals surface area (Å²) in [5.41, 5.74) is 0.544. The Morgan fingerprint density at radius 3 is 2.71 bits per heavy atom. The van der Waals surface area contributed by atoms with E-state index in [0.717, 1.165) is 0 Å². The molecule has 1 heterocycles. The molecule has 0 bridgehead atoms. The Labute approximate surface area is 124 Å². The molecule has 1 aliphatic rings. The van der Waals surface area contributed by atoms with Gasteiger partial charge in [-0.15, -0.1) is 0 Å². The van der Waals surface area contributed by atoms with E-state index in [9.17, 15) is 8.42 Å². The van der Waals surface area contributed by atoms with E-state index in [-0.39, 0.29) is 4.90 Å². The van der Waals surface area contributed by atoms with Gasteiger partial charge in [0.1, 0.15) is 11.3 Å². The maximum Gasteiger partial charge on any atom is 0.238 e. The fourth-order valence-corrected chi connectivity index (χ4v) is 3.60. The second-order valence-corrected chi connectivity index (χ2v) is 7.00. The highest BCUT2D eigenvalue weighted by molar-refractivity contribution is 7.89. The Morgan fingerprint density at radius 1 is 1.24 bits per heavy atom. The van der Waals surface area contributed by atoms with Gasteiger partial charge >= 0.3 is 0 Å². The number of sulfonamides is 1. The SMILES string of the molecule is NS(=O)(=O)c1ccc(OCC2CCCC2)c2ncccc12. The molecule has 0 radical (unpaired) electrons. The van der Waals surface area contributed by atoms with Crippen LogP contribution in [0.2, 0.25) is 0 Å². The first-order valence-corrected chi connectivity index (χ1v) is 8.63. The second-order valence-electron chi connectivity index (χ2n) is 5.47. The van der Waals surface area contributed by atoms with Crippen molar-refractivity contribution in [1.29, 1.82) is 0 Å². The number of fused-ring (bicyclic) bond motifs is 1. The topological polar surface area (TPSA) is 82.3 Å². The third-order valence-electron chi connectivity index (χ3n) is 3.95. The fraction of sp³-hybridized carbons (Fsp3) is 0.400. The maximum atomic E-state index is 11.6. The van der Waals surface area contributed by atoms with E-state index in [0.29, 0.717) is 29.2 Å². The van der Waals surface area contributed by atoms with Gasteiger partial charge in [0.15, 0.2) is 0 Å². The first kappa shape index (κ1) is 14.3. The molecule has 21 heavy (non-hydrogen) atoms. The van der Waals surface area contributed by atoms with Crippen molar-refractivity contribution < 1.29 is 13.2 Å². The lowest BCUT2D eigenvalue weighted by atomic mass is 10.1. The zero-order valence-corrected chi connectivity index (χ0v) is 12.5. The number of pyridine rings is 1. The van der Waals surface area contributed by atoms with Gasteiger partial charge in [-0.2, -0.15) is 0 Å². The molecule has 1 aromatic heterocycles. The predicted octanol–water partition coefficient (Wildman–Crippen LogP) is 2.45. The second kappa shape index (κ2) is 5.61. The highest BCUT2D eigenvalue weighted by Crippen LogP contribution is 2.31. The lowest BCUT2D eigenvalue weighted by Gasteiger charge is -2.14. The van der Waals surface area contributed by atoms with Crippen LogP contribution in [0.5, 0.6) is 5.75 Å². The van der Waals surface area contributed by atoms with Crippen LogP contribution in [-0.2, 0) is 10.0 Å². The highest BCUT2D eigenvalue weighted by atomic mass is 32.2. The molecule has 0 amide bonds. The number of rotatable bonds is 4. The third-order valence-corrected chi connectivity index (χ3v) is 4.92. The van der Waals surface area contributed by atoms with Gasteiger partial charge in [-0.25, -0.2) is 13.6 Å². The van der Waals surface area contributed by atoms with E-state index >= 15 is 0 Å². The molecule has 0 spiro atoms. The molecular weight excluding hydrogens is 288 g/mol. The zero-order chi connectivity index (χ0) is 14.9. The molecule has 112 valence electrons. The number of primary sulfonamides is 1. The minimum atomic E-state index is -3.77. The number of aromatic nitrogens is 1. The van der Waals surface area contributed by atoms with Crippen molar-refractivity contribution in [3.63, 3.8) is 0 Å². The first-order chi connectivity index (χ1) is 10.1. The smallest absolute Gasteiger partial charge is 0.238 e. The molecule has 0 unspecified atom stereocenters. The summed E-state index contributed by atoms with van der Waals surface area (Å²) in [5.74, 6) is 1.20. The Balaban J connectivity index is 1.96. The van der Waals surface area contributed by atoms with Crippen LogP contribution in [0.3, 0.4) is 0 Å². The van der Waals surface area contributed by atoms with E-state index in [1.807, 2.05) is 0 Å². The Bertz CT molecular complexity index is 753. The zero-order valence-electron chi connectivity index (χ0n) is 11.7. The Kier molecular flexibility index (Phi) is 3.82. The Morgan fingerprint density at radius 2 is 2.00 bits per heavy atom. The molecule has 5 nitrogen and oxygen atoms in total. The minimum absolute atomic E-state index is 0.0822. The van der Waals surface area contributed by atoms with E-state index < -0.39 is 10.0 Å². The average Bonchev–Trinajstić information content (AvgIpc) is 2.96. The molecule has 0 atom stereocenters. The van der Waals surface area contributed by atoms with Crippen LogP contribution in [0.1, 0.15) is 25.7 Å². The van der Waals surface area contributed by atoms with Crippen LogP contribution >= 0.6 is 0 Å². The van der Waals surface area contributed by atoms with Crippen molar-refractivity contribution in [2.75, 3.05) is 6.61 Å². The summed E-state index contributed by atoms with van der Waals surface area (Å²) in [6.45, 7) is 0.653. The van der Waals surface area contributed by atoms with E-state index in [1.54, 1.807) is 24.4 Å². The van der Waals surface area contributed by atoms with Crippen molar-refractivity contribution in [3.05, 3.63) is 30.5 Å². The molecule has 1 fully saturated rings. The first-order valence-electron chi connectivity index (χ1n) is 7.09. The molecular formula is C15H18N2O3S. The number of hydrogen-bond acceptors (Lipinski definition) is 4. The molecule has 1 aromatic carbocycles. The van der Waals surface area contributed by atoms with Gasteiger partial charge in [0.05, 0.1) is 11.5 Å². The monoisotopic (exact) mass is 306 g/mol. The molecule has 0 aliphatic heterocycles. The van der Waals surface area contributed by atoms with Crippen LogP contribution in [0.15, 0.2) is 35.4 Å². The van der Waals surface area contributed by atoms with Gasteiger partial charge in [-0.3, -0.25) is 4.98 Å². The largest absolute Gasteiger partial charge is 0.491 e. The highest BCUT2D eigenvalue weighted by Gasteiger charge is 2.18. The summed E-state index contributed by atoms with van der Waals surface area (Å²) >= 11 is 0. The Hall–Kier alpha value is -1.66. The summed E-state index contributed by atoms with van der Waals surface area (Å²) in [5, 5.41) is 5.75. The third kappa shape index (κ3) is 3.01. The minimum Gasteiger partial charge on any atom is -0.491 e. The van der Waals surface area contributed by atoms with Gasteiger partial charge in [-0.05, 0) is 43.0 Å². The average molecular weight is 306 g/mol. The predicted molar refractivity (Wildman–Crippen MR) is 80.6 cm³/mol. The van der Waals surface area contributed by atoms with Gasteiger partial charge in [0, 0.05) is 11.6 Å². The summed E-state index contributed by atoms with van der Waals surface area (Å²) in [4.78, 5) is 4.34. The van der Waals surface area contributed by atoms with Crippen LogP contribution < -0.4 is 9.88 Å². The van der Waals surface area contributed by atoms with Gasteiger partial charge in [0.25, 0.3) is 0 Å². The van der Waals surface area contributed by atoms with Crippen molar-refractivity contribution in [2.45, 2.75) is 30.6 Å². The molecule has 6 heteroatoms. The molecule has 2 N–H and O–H groups in total. The number of nitrogens with two attached hydrogens (primary N) is 1. The molecule has 1 aliphatic carbocycles.